The van der Waals surface area contributed by atoms with Gasteiger partial charge in [-0.15, -0.1) is 0 Å². The van der Waals surface area contributed by atoms with Gasteiger partial charge in [0.15, 0.2) is 0 Å². The summed E-state index contributed by atoms with van der Waals surface area (Å²) in [6, 6.07) is 20.1. The number of carboxylic acid groups (broad SMARTS) is 1. The van der Waals surface area contributed by atoms with E-state index in [0.29, 0.717) is 5.92 Å². The van der Waals surface area contributed by atoms with E-state index in [0.717, 1.165) is 17.7 Å². The molecule has 0 aliphatic carbocycles. The number of aromatic carboxylic acids is 1. The van der Waals surface area contributed by atoms with Crippen molar-refractivity contribution < 1.29 is 14.6 Å². The lowest BCUT2D eigenvalue weighted by molar-refractivity contribution is 0.0696. The topological polar surface area (TPSA) is 46.5 Å². The van der Waals surface area contributed by atoms with Crippen molar-refractivity contribution in [2.24, 2.45) is 5.92 Å². The number of ether oxygens (including phenoxy) is 1. The molecule has 174 valence electrons. The molecule has 0 radical (unpaired) electrons. The third-order valence-electron chi connectivity index (χ3n) is 6.04. The van der Waals surface area contributed by atoms with Crippen molar-refractivity contribution in [2.75, 3.05) is 0 Å². The lowest BCUT2D eigenvalue weighted by atomic mass is 9.85. The summed E-state index contributed by atoms with van der Waals surface area (Å²) >= 11 is 0. The molecule has 0 spiro atoms. The maximum atomic E-state index is 11.2. The van der Waals surface area contributed by atoms with Gasteiger partial charge in [0.1, 0.15) is 11.9 Å². The van der Waals surface area contributed by atoms with Gasteiger partial charge in [0.05, 0.1) is 5.56 Å². The Hall–Kier alpha value is -3.07. The fraction of sp³-hybridized carbons (Fsp3) is 0.367. The highest BCUT2D eigenvalue weighted by Gasteiger charge is 2.18. The third kappa shape index (κ3) is 6.04. The van der Waals surface area contributed by atoms with Crippen LogP contribution < -0.4 is 4.74 Å². The molecule has 33 heavy (non-hydrogen) atoms. The minimum Gasteiger partial charge on any atom is -0.486 e. The third-order valence-corrected chi connectivity index (χ3v) is 6.04. The van der Waals surface area contributed by atoms with E-state index in [9.17, 15) is 9.90 Å². The predicted octanol–water partition coefficient (Wildman–Crippen LogP) is 8.13. The Labute approximate surface area is 198 Å². The average molecular weight is 445 g/mol. The van der Waals surface area contributed by atoms with Crippen LogP contribution in [0.2, 0.25) is 0 Å². The number of aryl methyl sites for hydroxylation is 2. The van der Waals surface area contributed by atoms with Crippen molar-refractivity contribution >= 4 is 5.97 Å². The van der Waals surface area contributed by atoms with Gasteiger partial charge in [-0.2, -0.15) is 0 Å². The van der Waals surface area contributed by atoms with E-state index in [1.165, 1.54) is 27.8 Å². The maximum absolute atomic E-state index is 11.2. The first-order chi connectivity index (χ1) is 15.5. The van der Waals surface area contributed by atoms with E-state index in [2.05, 4.69) is 84.9 Å². The Morgan fingerprint density at radius 1 is 0.909 bits per heavy atom. The Morgan fingerprint density at radius 3 is 1.91 bits per heavy atom. The van der Waals surface area contributed by atoms with Crippen molar-refractivity contribution in [3.63, 3.8) is 0 Å². The first-order valence-corrected chi connectivity index (χ1v) is 11.7. The zero-order chi connectivity index (χ0) is 24.3. The molecule has 1 atom stereocenters. The summed E-state index contributed by atoms with van der Waals surface area (Å²) in [4.78, 5) is 11.2. The molecule has 1 N–H and O–H groups in total. The lowest BCUT2D eigenvalue weighted by Crippen LogP contribution is -2.11. The van der Waals surface area contributed by atoms with E-state index >= 15 is 0 Å². The van der Waals surface area contributed by atoms with Crippen molar-refractivity contribution in [1.29, 1.82) is 0 Å². The zero-order valence-electron chi connectivity index (χ0n) is 20.9. The summed E-state index contributed by atoms with van der Waals surface area (Å²) in [5, 5.41) is 9.20. The minimum atomic E-state index is -0.916. The van der Waals surface area contributed by atoms with Crippen molar-refractivity contribution in [1.82, 2.24) is 0 Å². The Bertz CT molecular complexity index is 1080. The largest absolute Gasteiger partial charge is 0.486 e. The summed E-state index contributed by atoms with van der Waals surface area (Å²) in [7, 11) is 0. The second-order valence-electron chi connectivity index (χ2n) is 10.4. The maximum Gasteiger partial charge on any atom is 0.335 e. The fourth-order valence-corrected chi connectivity index (χ4v) is 4.27. The number of hydrogen-bond donors (Lipinski definition) is 1. The van der Waals surface area contributed by atoms with Gasteiger partial charge in [0.2, 0.25) is 0 Å². The Kier molecular flexibility index (Phi) is 7.31. The van der Waals surface area contributed by atoms with Gasteiger partial charge in [-0.1, -0.05) is 71.0 Å². The Balaban J connectivity index is 1.90. The molecule has 3 heteroatoms. The van der Waals surface area contributed by atoms with Gasteiger partial charge in [-0.3, -0.25) is 0 Å². The van der Waals surface area contributed by atoms with Crippen LogP contribution in [0.3, 0.4) is 0 Å². The van der Waals surface area contributed by atoms with Crippen LogP contribution in [0.1, 0.15) is 79.8 Å². The summed E-state index contributed by atoms with van der Waals surface area (Å²) < 4.78 is 6.48. The molecular weight excluding hydrogens is 408 g/mol. The molecule has 3 rings (SSSR count). The van der Waals surface area contributed by atoms with Crippen LogP contribution in [-0.2, 0) is 5.41 Å². The van der Waals surface area contributed by atoms with Gasteiger partial charge in [-0.05, 0) is 89.2 Å². The molecule has 0 aliphatic heterocycles. The van der Waals surface area contributed by atoms with E-state index in [1.54, 1.807) is 12.1 Å². The number of hydrogen-bond acceptors (Lipinski definition) is 2. The summed E-state index contributed by atoms with van der Waals surface area (Å²) in [6.45, 7) is 15.3. The molecule has 0 amide bonds. The monoisotopic (exact) mass is 444 g/mol. The zero-order valence-corrected chi connectivity index (χ0v) is 20.9. The molecule has 1 unspecified atom stereocenters. The van der Waals surface area contributed by atoms with Gasteiger partial charge in [-0.25, -0.2) is 4.79 Å². The number of benzene rings is 3. The van der Waals surface area contributed by atoms with Gasteiger partial charge < -0.3 is 9.84 Å². The van der Waals surface area contributed by atoms with Gasteiger partial charge in [0, 0.05) is 0 Å². The molecule has 0 fully saturated rings. The highest BCUT2D eigenvalue weighted by atomic mass is 16.5. The average Bonchev–Trinajstić information content (AvgIpc) is 2.72. The van der Waals surface area contributed by atoms with Gasteiger partial charge in [0.25, 0.3) is 0 Å². The fourth-order valence-electron chi connectivity index (χ4n) is 4.27. The highest BCUT2D eigenvalue weighted by Crippen LogP contribution is 2.35. The van der Waals surface area contributed by atoms with Gasteiger partial charge >= 0.3 is 5.97 Å². The van der Waals surface area contributed by atoms with Crippen LogP contribution in [0, 0.1) is 19.8 Å². The molecular formula is C30H36O3. The van der Waals surface area contributed by atoms with Crippen LogP contribution >= 0.6 is 0 Å². The van der Waals surface area contributed by atoms with Crippen LogP contribution in [0.15, 0.2) is 60.7 Å². The van der Waals surface area contributed by atoms with E-state index in [-0.39, 0.29) is 17.1 Å². The number of carboxylic acids is 1. The molecule has 0 saturated heterocycles. The predicted molar refractivity (Wildman–Crippen MR) is 136 cm³/mol. The van der Waals surface area contributed by atoms with Crippen molar-refractivity contribution in [2.45, 2.75) is 66.4 Å². The SMILES string of the molecule is Cc1cc(OC(CC(C)C)c2ccc(C(=O)O)cc2)cc(C)c1-c1ccc(C(C)(C)C)cc1. The Morgan fingerprint density at radius 2 is 1.45 bits per heavy atom. The molecule has 0 saturated carbocycles. The summed E-state index contributed by atoms with van der Waals surface area (Å²) in [6.07, 6.45) is 0.712. The smallest absolute Gasteiger partial charge is 0.335 e. The first kappa shape index (κ1) is 24.6. The molecule has 3 aromatic carbocycles. The molecule has 0 aromatic heterocycles. The highest BCUT2D eigenvalue weighted by molar-refractivity contribution is 5.87. The molecule has 3 aromatic rings. The van der Waals surface area contributed by atoms with E-state index in [1.807, 2.05) is 12.1 Å². The second-order valence-corrected chi connectivity index (χ2v) is 10.4. The van der Waals surface area contributed by atoms with Crippen molar-refractivity contribution in [3.8, 4) is 16.9 Å². The molecule has 0 bridgehead atoms. The van der Waals surface area contributed by atoms with E-state index < -0.39 is 5.97 Å². The quantitative estimate of drug-likeness (QED) is 0.400. The second kappa shape index (κ2) is 9.82. The summed E-state index contributed by atoms with van der Waals surface area (Å²) in [5.74, 6) is 0.366. The molecule has 3 nitrogen and oxygen atoms in total. The number of carbonyl (C=O) groups is 1. The lowest BCUT2D eigenvalue weighted by Gasteiger charge is -2.23. The molecule has 0 heterocycles. The van der Waals surface area contributed by atoms with E-state index in [4.69, 9.17) is 4.74 Å². The van der Waals surface area contributed by atoms with Crippen LogP contribution in [0.4, 0.5) is 0 Å². The van der Waals surface area contributed by atoms with Crippen molar-refractivity contribution in [3.05, 3.63) is 88.5 Å². The minimum absolute atomic E-state index is 0.133. The standard InChI is InChI=1S/C30H36O3/c1-19(2)16-27(22-8-10-24(11-9-22)29(31)32)33-26-17-20(3)28(21(4)18-26)23-12-14-25(15-13-23)30(5,6)7/h8-15,17-19,27H,16H2,1-7H3,(H,31,32). The number of rotatable bonds is 7. The van der Waals surface area contributed by atoms with Crippen LogP contribution in [0.5, 0.6) is 5.75 Å². The van der Waals surface area contributed by atoms with Crippen LogP contribution in [-0.4, -0.2) is 11.1 Å². The normalized spacial score (nSPS) is 12.6. The summed E-state index contributed by atoms with van der Waals surface area (Å²) in [5.41, 5.74) is 7.56. The molecule has 0 aliphatic rings. The first-order valence-electron chi connectivity index (χ1n) is 11.7. The van der Waals surface area contributed by atoms with Crippen LogP contribution in [0.25, 0.3) is 11.1 Å².